The third-order valence-electron chi connectivity index (χ3n) is 1.56. The molecule has 0 heterocycles. The molecule has 0 unspecified atom stereocenters. The smallest absolute Gasteiger partial charge is 0.394 e. The summed E-state index contributed by atoms with van der Waals surface area (Å²) in [5.41, 5.74) is 0. The zero-order valence-corrected chi connectivity index (χ0v) is 8.53. The van der Waals surface area contributed by atoms with Crippen molar-refractivity contribution in [1.82, 2.24) is 0 Å². The zero-order chi connectivity index (χ0) is 12.1. The van der Waals surface area contributed by atoms with Crippen molar-refractivity contribution < 1.29 is 39.0 Å². The minimum absolute atomic E-state index is 0.271. The first-order valence-corrected chi connectivity index (χ1v) is 5.49. The van der Waals surface area contributed by atoms with Gasteiger partial charge >= 0.3 is 7.82 Å². The Kier molecular flexibility index (Phi) is 6.15. The van der Waals surface area contributed by atoms with Gasteiger partial charge in [0.1, 0.15) is 24.6 Å². The predicted molar refractivity (Wildman–Crippen MR) is 46.7 cm³/mol. The van der Waals surface area contributed by atoms with Crippen molar-refractivity contribution >= 4 is 14.1 Å². The molecule has 0 aromatic rings. The maximum atomic E-state index is 10.4. The van der Waals surface area contributed by atoms with Gasteiger partial charge in [0.05, 0.1) is 6.61 Å². The molecule has 0 aromatic heterocycles. The van der Waals surface area contributed by atoms with Crippen LogP contribution in [0.2, 0.25) is 0 Å². The number of hydrogen-bond donors (Lipinski definition) is 5. The van der Waals surface area contributed by atoms with Crippen molar-refractivity contribution in [3.05, 3.63) is 0 Å². The summed E-state index contributed by atoms with van der Waals surface area (Å²) in [4.78, 5) is 27.0. The molecule has 0 radical (unpaired) electrons. The molecule has 15 heavy (non-hydrogen) atoms. The summed E-state index contributed by atoms with van der Waals surface area (Å²) < 4.78 is 14.5. The molecule has 0 aliphatic rings. The Morgan fingerprint density at radius 1 is 1.33 bits per heavy atom. The number of phosphoric acid groups is 1. The van der Waals surface area contributed by atoms with E-state index in [4.69, 9.17) is 20.0 Å². The van der Waals surface area contributed by atoms with Crippen molar-refractivity contribution in [2.24, 2.45) is 0 Å². The van der Waals surface area contributed by atoms with Crippen LogP contribution in [0.5, 0.6) is 0 Å². The van der Waals surface area contributed by atoms with E-state index >= 15 is 0 Å². The molecule has 5 N–H and O–H groups in total. The Labute approximate surface area is 85.4 Å². The molecule has 0 bridgehead atoms. The number of hydrogen-bond acceptors (Lipinski definition) is 6. The molecule has 3 atom stereocenters. The zero-order valence-electron chi connectivity index (χ0n) is 7.63. The average Bonchev–Trinajstić information content (AvgIpc) is 2.13. The topological polar surface area (TPSA) is 145 Å². The van der Waals surface area contributed by atoms with E-state index in [2.05, 4.69) is 4.52 Å². The van der Waals surface area contributed by atoms with Gasteiger partial charge in [-0.25, -0.2) is 4.57 Å². The molecule has 0 fully saturated rings. The van der Waals surface area contributed by atoms with Crippen LogP contribution in [0.15, 0.2) is 0 Å². The molecule has 0 saturated heterocycles. The van der Waals surface area contributed by atoms with E-state index in [-0.39, 0.29) is 6.29 Å². The van der Waals surface area contributed by atoms with E-state index in [0.717, 1.165) is 0 Å². The Hall–Kier alpha value is -0.340. The molecule has 90 valence electrons. The molecule has 0 saturated carbocycles. The van der Waals surface area contributed by atoms with Gasteiger partial charge in [0.15, 0.2) is 0 Å². The van der Waals surface area contributed by atoms with Crippen LogP contribution in [0.3, 0.4) is 0 Å². The number of rotatable bonds is 7. The summed E-state index contributed by atoms with van der Waals surface area (Å²) in [6.07, 6.45) is -5.20. The van der Waals surface area contributed by atoms with Gasteiger partial charge in [0.2, 0.25) is 0 Å². The lowest BCUT2D eigenvalue weighted by Crippen LogP contribution is -2.40. The fraction of sp³-hybridized carbons (Fsp3) is 0.833. The summed E-state index contributed by atoms with van der Waals surface area (Å²) in [6.45, 7) is -0.818. The van der Waals surface area contributed by atoms with E-state index in [1.54, 1.807) is 0 Å². The first-order chi connectivity index (χ1) is 6.81. The fourth-order valence-electron chi connectivity index (χ4n) is 0.872. The van der Waals surface area contributed by atoms with Gasteiger partial charge < -0.3 is 29.9 Å². The second-order valence-corrected chi connectivity index (χ2v) is 3.97. The quantitative estimate of drug-likeness (QED) is 0.250. The van der Waals surface area contributed by atoms with Crippen molar-refractivity contribution in [1.29, 1.82) is 0 Å². The van der Waals surface area contributed by atoms with Crippen LogP contribution in [0.4, 0.5) is 0 Å². The maximum Gasteiger partial charge on any atom is 0.469 e. The molecular formula is C6H13O8P. The third-order valence-corrected chi connectivity index (χ3v) is 2.11. The summed E-state index contributed by atoms with van der Waals surface area (Å²) in [5, 5.41) is 26.7. The van der Waals surface area contributed by atoms with Gasteiger partial charge in [-0.05, 0) is 0 Å². The molecular weight excluding hydrogens is 231 g/mol. The number of carbonyl (C=O) groups excluding carboxylic acids is 1. The minimum atomic E-state index is -4.87. The number of phosphoric ester groups is 1. The summed E-state index contributed by atoms with van der Waals surface area (Å²) >= 11 is 0. The number of carbonyl (C=O) groups is 1. The second kappa shape index (κ2) is 6.29. The Morgan fingerprint density at radius 3 is 2.20 bits per heavy atom. The van der Waals surface area contributed by atoms with Crippen molar-refractivity contribution in [2.75, 3.05) is 6.61 Å². The monoisotopic (exact) mass is 244 g/mol. The van der Waals surface area contributed by atoms with E-state index in [1.807, 2.05) is 0 Å². The normalized spacial score (nSPS) is 18.2. The highest BCUT2D eigenvalue weighted by Crippen LogP contribution is 2.39. The van der Waals surface area contributed by atoms with Crippen molar-refractivity contribution in [3.8, 4) is 0 Å². The van der Waals surface area contributed by atoms with Crippen LogP contribution in [0, 0.1) is 0 Å². The highest BCUT2D eigenvalue weighted by atomic mass is 31.2. The molecule has 0 aliphatic heterocycles. The van der Waals surface area contributed by atoms with E-state index in [0.29, 0.717) is 0 Å². The molecule has 0 rings (SSSR count). The molecule has 9 heteroatoms. The van der Waals surface area contributed by atoms with Gasteiger partial charge in [-0.3, -0.25) is 4.52 Å². The summed E-state index contributed by atoms with van der Waals surface area (Å²) in [6, 6.07) is 0. The molecule has 8 nitrogen and oxygen atoms in total. The van der Waals surface area contributed by atoms with Gasteiger partial charge in [-0.2, -0.15) is 0 Å². The standard InChI is InChI=1S/C6H13O8P/c7-2-1-5(14-15(11,12)13)6(10)4(9)3-8/h2,4-6,8-10H,1,3H2,(H2,11,12,13)/t4-,5-,6-/m0/s1. The van der Waals surface area contributed by atoms with Crippen LogP contribution < -0.4 is 0 Å². The SMILES string of the molecule is O=CC[C@H](OP(=O)(O)O)[C@@H](O)[C@@H](O)CO. The van der Waals surface area contributed by atoms with Crippen LogP contribution in [-0.2, 0) is 13.9 Å². The van der Waals surface area contributed by atoms with Crippen LogP contribution in [0.1, 0.15) is 6.42 Å². The Bertz CT molecular complexity index is 237. The molecule has 0 spiro atoms. The van der Waals surface area contributed by atoms with Crippen LogP contribution in [0.25, 0.3) is 0 Å². The summed E-state index contributed by atoms with van der Waals surface area (Å²) in [5.74, 6) is 0. The molecule has 0 aliphatic carbocycles. The van der Waals surface area contributed by atoms with Crippen molar-refractivity contribution in [3.63, 3.8) is 0 Å². The second-order valence-electron chi connectivity index (χ2n) is 2.78. The highest BCUT2D eigenvalue weighted by Gasteiger charge is 2.32. The van der Waals surface area contributed by atoms with Crippen LogP contribution in [-0.4, -0.2) is 56.3 Å². The highest BCUT2D eigenvalue weighted by molar-refractivity contribution is 7.46. The third kappa shape index (κ3) is 5.95. The van der Waals surface area contributed by atoms with Crippen LogP contribution >= 0.6 is 7.82 Å². The Balaban J connectivity index is 4.50. The van der Waals surface area contributed by atoms with Gasteiger partial charge in [-0.15, -0.1) is 0 Å². The lowest BCUT2D eigenvalue weighted by Gasteiger charge is -2.24. The number of aliphatic hydroxyl groups excluding tert-OH is 3. The maximum absolute atomic E-state index is 10.4. The minimum Gasteiger partial charge on any atom is -0.394 e. The lowest BCUT2D eigenvalue weighted by atomic mass is 10.1. The average molecular weight is 244 g/mol. The van der Waals surface area contributed by atoms with Crippen molar-refractivity contribution in [2.45, 2.75) is 24.7 Å². The predicted octanol–water partition coefficient (Wildman–Crippen LogP) is -2.23. The lowest BCUT2D eigenvalue weighted by molar-refractivity contribution is -0.114. The first-order valence-electron chi connectivity index (χ1n) is 3.96. The summed E-state index contributed by atoms with van der Waals surface area (Å²) in [7, 11) is -4.87. The number of aliphatic hydroxyl groups is 3. The van der Waals surface area contributed by atoms with E-state index < -0.39 is 39.2 Å². The van der Waals surface area contributed by atoms with Gasteiger partial charge in [0, 0.05) is 6.42 Å². The van der Waals surface area contributed by atoms with Gasteiger partial charge in [0.25, 0.3) is 0 Å². The van der Waals surface area contributed by atoms with E-state index in [9.17, 15) is 14.5 Å². The first kappa shape index (κ1) is 14.7. The Morgan fingerprint density at radius 2 is 1.87 bits per heavy atom. The molecule has 0 aromatic carbocycles. The largest absolute Gasteiger partial charge is 0.469 e. The van der Waals surface area contributed by atoms with E-state index in [1.165, 1.54) is 0 Å². The molecule has 0 amide bonds. The fourth-order valence-corrected chi connectivity index (χ4v) is 1.44. The number of aldehydes is 1. The van der Waals surface area contributed by atoms with Gasteiger partial charge in [-0.1, -0.05) is 0 Å².